The first-order valence-electron chi connectivity index (χ1n) is 11.4. The monoisotopic (exact) mass is 451 g/mol. The van der Waals surface area contributed by atoms with E-state index in [-0.39, 0.29) is 36.3 Å². The number of fused-ring (bicyclic) bond motifs is 2. The molecule has 2 aromatic rings. The summed E-state index contributed by atoms with van der Waals surface area (Å²) < 4.78 is 0. The molecule has 3 rings (SSSR count). The summed E-state index contributed by atoms with van der Waals surface area (Å²) in [6.45, 7) is 4.56. The number of amides is 1. The minimum atomic E-state index is -0.282. The number of anilines is 1. The molecular weight excluding hydrogens is 418 g/mol. The number of nitrogens with zero attached hydrogens (tertiary/aromatic N) is 1. The Kier molecular flexibility index (Phi) is 8.17. The number of carbonyl (C=O) groups excluding carboxylic acids is 1. The van der Waals surface area contributed by atoms with Crippen LogP contribution in [-0.2, 0) is 12.8 Å². The number of carbonyl (C=O) groups is 1. The Bertz CT molecular complexity index is 1070. The van der Waals surface area contributed by atoms with Crippen LogP contribution in [-0.4, -0.2) is 39.5 Å². The molecule has 0 unspecified atom stereocenters. The van der Waals surface area contributed by atoms with Gasteiger partial charge in [-0.25, -0.2) is 0 Å². The molecule has 0 saturated heterocycles. The van der Waals surface area contributed by atoms with Crippen molar-refractivity contribution in [1.29, 1.82) is 0 Å². The molecular formula is C27H33NO5. The highest BCUT2D eigenvalue weighted by molar-refractivity contribution is 6.08. The fourth-order valence-corrected chi connectivity index (χ4v) is 4.20. The van der Waals surface area contributed by atoms with Gasteiger partial charge in [-0.2, -0.15) is 0 Å². The highest BCUT2D eigenvalue weighted by atomic mass is 16.3. The van der Waals surface area contributed by atoms with Gasteiger partial charge in [0, 0.05) is 42.0 Å². The van der Waals surface area contributed by atoms with E-state index in [4.69, 9.17) is 5.11 Å². The molecule has 0 spiro atoms. The lowest BCUT2D eigenvalue weighted by Crippen LogP contribution is -2.34. The second-order valence-electron chi connectivity index (χ2n) is 8.65. The summed E-state index contributed by atoms with van der Waals surface area (Å²) in [5.74, 6) is -0.385. The molecule has 6 heteroatoms. The molecule has 176 valence electrons. The van der Waals surface area contributed by atoms with E-state index in [1.54, 1.807) is 23.1 Å². The lowest BCUT2D eigenvalue weighted by Gasteiger charge is -2.28. The zero-order valence-corrected chi connectivity index (χ0v) is 19.3. The van der Waals surface area contributed by atoms with E-state index in [2.05, 4.69) is 13.0 Å². The molecule has 0 bridgehead atoms. The van der Waals surface area contributed by atoms with Crippen molar-refractivity contribution in [3.05, 3.63) is 70.3 Å². The van der Waals surface area contributed by atoms with Crippen LogP contribution in [0, 0.1) is 0 Å². The maximum Gasteiger partial charge on any atom is 0.258 e. The molecule has 0 radical (unpaired) electrons. The van der Waals surface area contributed by atoms with Crippen LogP contribution in [0.25, 0.3) is 0 Å². The molecule has 1 heterocycles. The van der Waals surface area contributed by atoms with Crippen molar-refractivity contribution >= 4 is 11.6 Å². The minimum Gasteiger partial charge on any atom is -0.508 e. The van der Waals surface area contributed by atoms with E-state index in [1.807, 2.05) is 13.0 Å². The Morgan fingerprint density at radius 1 is 0.970 bits per heavy atom. The molecule has 6 nitrogen and oxygen atoms in total. The van der Waals surface area contributed by atoms with Crippen LogP contribution in [0.2, 0.25) is 0 Å². The Hall–Kier alpha value is -3.25. The molecule has 2 aromatic carbocycles. The predicted molar refractivity (Wildman–Crippen MR) is 130 cm³/mol. The van der Waals surface area contributed by atoms with Gasteiger partial charge < -0.3 is 25.3 Å². The number of benzene rings is 2. The van der Waals surface area contributed by atoms with Gasteiger partial charge in [0.25, 0.3) is 5.91 Å². The van der Waals surface area contributed by atoms with Gasteiger partial charge in [-0.15, -0.1) is 0 Å². The quantitative estimate of drug-likeness (QED) is 0.424. The lowest BCUT2D eigenvalue weighted by atomic mass is 9.93. The number of aromatic hydroxyl groups is 3. The molecule has 33 heavy (non-hydrogen) atoms. The van der Waals surface area contributed by atoms with Crippen molar-refractivity contribution in [3.63, 3.8) is 0 Å². The second-order valence-corrected chi connectivity index (χ2v) is 8.65. The molecule has 1 aliphatic heterocycles. The van der Waals surface area contributed by atoms with Crippen LogP contribution >= 0.6 is 0 Å². The van der Waals surface area contributed by atoms with E-state index in [0.717, 1.165) is 31.3 Å². The van der Waals surface area contributed by atoms with Crippen molar-refractivity contribution in [2.24, 2.45) is 0 Å². The van der Waals surface area contributed by atoms with E-state index in [9.17, 15) is 20.1 Å². The zero-order chi connectivity index (χ0) is 24.0. The lowest BCUT2D eigenvalue weighted by molar-refractivity contribution is 0.0987. The van der Waals surface area contributed by atoms with Crippen LogP contribution in [0.1, 0.15) is 61.0 Å². The average Bonchev–Trinajstić information content (AvgIpc) is 2.76. The fraction of sp³-hybridized carbons (Fsp3) is 0.370. The van der Waals surface area contributed by atoms with Crippen LogP contribution in [0.3, 0.4) is 0 Å². The number of aliphatic hydroxyl groups is 1. The van der Waals surface area contributed by atoms with Gasteiger partial charge in [0.1, 0.15) is 17.2 Å². The number of aliphatic hydroxyl groups excluding tert-OH is 1. The Morgan fingerprint density at radius 3 is 2.45 bits per heavy atom. The van der Waals surface area contributed by atoms with Gasteiger partial charge in [-0.3, -0.25) is 4.79 Å². The summed E-state index contributed by atoms with van der Waals surface area (Å²) in [6, 6.07) is 7.71. The Balaban J connectivity index is 1.88. The van der Waals surface area contributed by atoms with Gasteiger partial charge in [0.05, 0.1) is 5.69 Å². The fourth-order valence-electron chi connectivity index (χ4n) is 4.20. The van der Waals surface area contributed by atoms with Gasteiger partial charge in [0.2, 0.25) is 0 Å². The highest BCUT2D eigenvalue weighted by Crippen LogP contribution is 2.38. The first kappa shape index (κ1) is 24.4. The normalized spacial score (nSPS) is 14.5. The topological polar surface area (TPSA) is 101 Å². The van der Waals surface area contributed by atoms with E-state index in [0.29, 0.717) is 35.2 Å². The van der Waals surface area contributed by atoms with E-state index >= 15 is 0 Å². The van der Waals surface area contributed by atoms with Crippen molar-refractivity contribution in [3.8, 4) is 17.2 Å². The summed E-state index contributed by atoms with van der Waals surface area (Å²) in [5.41, 5.74) is 4.43. The summed E-state index contributed by atoms with van der Waals surface area (Å²) in [4.78, 5) is 15.1. The van der Waals surface area contributed by atoms with Crippen molar-refractivity contribution in [1.82, 2.24) is 0 Å². The smallest absolute Gasteiger partial charge is 0.258 e. The van der Waals surface area contributed by atoms with Crippen LogP contribution in [0.5, 0.6) is 17.2 Å². The van der Waals surface area contributed by atoms with Gasteiger partial charge in [-0.1, -0.05) is 29.4 Å². The Morgan fingerprint density at radius 2 is 1.70 bits per heavy atom. The number of rotatable bonds is 8. The summed E-state index contributed by atoms with van der Waals surface area (Å²) >= 11 is 0. The summed E-state index contributed by atoms with van der Waals surface area (Å²) in [6.07, 6.45) is 8.38. The second kappa shape index (κ2) is 11.1. The van der Waals surface area contributed by atoms with Crippen LogP contribution in [0.15, 0.2) is 53.6 Å². The van der Waals surface area contributed by atoms with Crippen molar-refractivity contribution < 1.29 is 25.2 Å². The van der Waals surface area contributed by atoms with E-state index < -0.39 is 0 Å². The maximum atomic E-state index is 13.5. The van der Waals surface area contributed by atoms with Crippen LogP contribution in [0.4, 0.5) is 5.69 Å². The number of phenolic OH excluding ortho intramolecular Hbond substituents is 3. The molecule has 1 amide bonds. The Labute approximate surface area is 195 Å². The SMILES string of the molecule is C/C(=C\CN1C(=O)c2cccc(O)c2CCc2c(O)cc(O)cc21)CC/C=C(\C)CCCO. The number of allylic oxidation sites excluding steroid dienone is 3. The standard InChI is InChI=1S/C27H33NO5/c1-18(8-5-15-29)6-3-7-19(2)13-14-28-24-16-20(30)17-26(32)23(24)12-11-21-22(27(28)33)9-4-10-25(21)31/h4,6,9-10,13,16-17,29-32H,3,5,7-8,11-12,14-15H2,1-2H3/b18-6+,19-13+. The predicted octanol–water partition coefficient (Wildman–Crippen LogP) is 4.99. The minimum absolute atomic E-state index is 0.0640. The third-order valence-corrected chi connectivity index (χ3v) is 6.11. The van der Waals surface area contributed by atoms with Gasteiger partial charge in [0.15, 0.2) is 0 Å². The molecule has 0 aromatic heterocycles. The first-order valence-corrected chi connectivity index (χ1v) is 11.4. The third kappa shape index (κ3) is 5.96. The molecule has 0 aliphatic carbocycles. The average molecular weight is 452 g/mol. The number of hydrogen-bond donors (Lipinski definition) is 4. The third-order valence-electron chi connectivity index (χ3n) is 6.11. The van der Waals surface area contributed by atoms with Crippen molar-refractivity contribution in [2.75, 3.05) is 18.1 Å². The molecule has 1 aliphatic rings. The van der Waals surface area contributed by atoms with Crippen LogP contribution < -0.4 is 4.90 Å². The molecule has 4 N–H and O–H groups in total. The summed E-state index contributed by atoms with van der Waals surface area (Å²) in [5, 5.41) is 39.9. The maximum absolute atomic E-state index is 13.5. The first-order chi connectivity index (χ1) is 15.8. The molecule has 0 atom stereocenters. The zero-order valence-electron chi connectivity index (χ0n) is 19.3. The summed E-state index contributed by atoms with van der Waals surface area (Å²) in [7, 11) is 0. The number of phenols is 3. The van der Waals surface area contributed by atoms with Crippen molar-refractivity contribution in [2.45, 2.75) is 52.4 Å². The highest BCUT2D eigenvalue weighted by Gasteiger charge is 2.28. The van der Waals surface area contributed by atoms with Gasteiger partial charge >= 0.3 is 0 Å². The largest absolute Gasteiger partial charge is 0.508 e. The number of hydrogen-bond acceptors (Lipinski definition) is 5. The molecule has 0 saturated carbocycles. The van der Waals surface area contributed by atoms with E-state index in [1.165, 1.54) is 17.7 Å². The van der Waals surface area contributed by atoms with Gasteiger partial charge in [-0.05, 0) is 64.5 Å². The molecule has 0 fully saturated rings.